The first-order chi connectivity index (χ1) is 13.3. The van der Waals surface area contributed by atoms with Gasteiger partial charge < -0.3 is 0 Å². The van der Waals surface area contributed by atoms with Gasteiger partial charge in [0.1, 0.15) is 0 Å². The summed E-state index contributed by atoms with van der Waals surface area (Å²) in [4.78, 5) is 0. The first kappa shape index (κ1) is 20.5. The van der Waals surface area contributed by atoms with E-state index in [-0.39, 0.29) is 0 Å². The normalized spacial score (nSPS) is 44.8. The van der Waals surface area contributed by atoms with E-state index < -0.39 is 0 Å². The second kappa shape index (κ2) is 7.48. The highest BCUT2D eigenvalue weighted by atomic mass is 14.6. The fourth-order valence-electron chi connectivity index (χ4n) is 7.71. The van der Waals surface area contributed by atoms with E-state index in [1.54, 1.807) is 0 Å². The summed E-state index contributed by atoms with van der Waals surface area (Å²) in [6.07, 6.45) is 22.5. The molecular formula is C28H44. The molecule has 0 saturated heterocycles. The third-order valence-corrected chi connectivity index (χ3v) is 10.1. The molecule has 0 bridgehead atoms. The van der Waals surface area contributed by atoms with Crippen LogP contribution in [0.25, 0.3) is 0 Å². The van der Waals surface area contributed by atoms with E-state index >= 15 is 0 Å². The van der Waals surface area contributed by atoms with Crippen molar-refractivity contribution in [3.05, 3.63) is 36.0 Å². The highest BCUT2D eigenvalue weighted by Crippen LogP contribution is 2.66. The lowest BCUT2D eigenvalue weighted by molar-refractivity contribution is 0.0172. The fraction of sp³-hybridized carbons (Fsp3) is 0.786. The quantitative estimate of drug-likeness (QED) is 0.431. The van der Waals surface area contributed by atoms with Gasteiger partial charge >= 0.3 is 0 Å². The summed E-state index contributed by atoms with van der Waals surface area (Å²) in [7, 11) is 0. The smallest absolute Gasteiger partial charge is 0.0140 e. The Labute approximate surface area is 175 Å². The molecule has 0 aromatic heterocycles. The minimum atomic E-state index is 0.529. The summed E-state index contributed by atoms with van der Waals surface area (Å²) in [5, 5.41) is 0. The highest BCUT2D eigenvalue weighted by Gasteiger charge is 2.57. The third kappa shape index (κ3) is 3.18. The van der Waals surface area contributed by atoms with Crippen LogP contribution in [0.15, 0.2) is 36.0 Å². The average Bonchev–Trinajstić information content (AvgIpc) is 3.02. The summed E-state index contributed by atoms with van der Waals surface area (Å²) in [6.45, 7) is 14.9. The molecule has 0 spiro atoms. The van der Waals surface area contributed by atoms with Crippen molar-refractivity contribution in [2.45, 2.75) is 86.5 Å². The summed E-state index contributed by atoms with van der Waals surface area (Å²) >= 11 is 0. The van der Waals surface area contributed by atoms with Crippen molar-refractivity contribution in [3.63, 3.8) is 0 Å². The van der Waals surface area contributed by atoms with E-state index in [0.29, 0.717) is 16.7 Å². The molecule has 0 nitrogen and oxygen atoms in total. The second-order valence-electron chi connectivity index (χ2n) is 11.7. The number of hydrogen-bond donors (Lipinski definition) is 0. The Morgan fingerprint density at radius 3 is 2.39 bits per heavy atom. The van der Waals surface area contributed by atoms with Crippen molar-refractivity contribution < 1.29 is 0 Å². The molecule has 0 aliphatic heterocycles. The van der Waals surface area contributed by atoms with Gasteiger partial charge in [0.25, 0.3) is 0 Å². The van der Waals surface area contributed by atoms with E-state index in [1.165, 1.54) is 44.9 Å². The first-order valence-electron chi connectivity index (χ1n) is 12.3. The number of fused-ring (bicyclic) bond motifs is 5. The maximum atomic E-state index is 2.74. The van der Waals surface area contributed by atoms with E-state index in [0.717, 1.165) is 35.5 Å². The molecule has 4 aliphatic carbocycles. The van der Waals surface area contributed by atoms with Crippen LogP contribution in [0.2, 0.25) is 0 Å². The maximum absolute atomic E-state index is 2.74. The largest absolute Gasteiger partial charge is 0.0882 e. The van der Waals surface area contributed by atoms with Gasteiger partial charge in [-0.25, -0.2) is 0 Å². The molecule has 0 N–H and O–H groups in total. The number of hydrogen-bond acceptors (Lipinski definition) is 0. The molecule has 0 amide bonds. The molecule has 8 unspecified atom stereocenters. The maximum Gasteiger partial charge on any atom is -0.0140 e. The van der Waals surface area contributed by atoms with Crippen LogP contribution >= 0.6 is 0 Å². The molecule has 0 heteroatoms. The van der Waals surface area contributed by atoms with Crippen molar-refractivity contribution >= 4 is 0 Å². The van der Waals surface area contributed by atoms with Gasteiger partial charge in [-0.15, -0.1) is 0 Å². The molecule has 0 aromatic carbocycles. The predicted molar refractivity (Wildman–Crippen MR) is 122 cm³/mol. The minimum Gasteiger partial charge on any atom is -0.0882 e. The number of allylic oxidation sites excluding steroid dienone is 6. The van der Waals surface area contributed by atoms with Gasteiger partial charge in [0.05, 0.1) is 0 Å². The lowest BCUT2D eigenvalue weighted by Gasteiger charge is -2.56. The Bertz CT molecular complexity index is 664. The average molecular weight is 381 g/mol. The summed E-state index contributed by atoms with van der Waals surface area (Å²) in [5.41, 5.74) is 2.97. The Hall–Kier alpha value is -0.780. The van der Waals surface area contributed by atoms with Gasteiger partial charge in [0, 0.05) is 0 Å². The Balaban J connectivity index is 1.55. The van der Waals surface area contributed by atoms with Crippen LogP contribution in [0.3, 0.4) is 0 Å². The molecule has 0 radical (unpaired) electrons. The molecule has 4 rings (SSSR count). The van der Waals surface area contributed by atoms with Crippen molar-refractivity contribution in [1.82, 2.24) is 0 Å². The molecule has 0 heterocycles. The van der Waals surface area contributed by atoms with Crippen LogP contribution in [0.1, 0.15) is 86.5 Å². The van der Waals surface area contributed by atoms with Gasteiger partial charge in [0.2, 0.25) is 0 Å². The van der Waals surface area contributed by atoms with Crippen molar-refractivity contribution in [3.8, 4) is 0 Å². The van der Waals surface area contributed by atoms with Gasteiger partial charge in [-0.1, -0.05) is 77.5 Å². The van der Waals surface area contributed by atoms with Gasteiger partial charge in [-0.2, -0.15) is 0 Å². The lowest BCUT2D eigenvalue weighted by Crippen LogP contribution is -2.47. The van der Waals surface area contributed by atoms with Crippen molar-refractivity contribution in [2.75, 3.05) is 0 Å². The molecule has 156 valence electrons. The molecule has 2 fully saturated rings. The van der Waals surface area contributed by atoms with Crippen LogP contribution < -0.4 is 0 Å². The third-order valence-electron chi connectivity index (χ3n) is 10.1. The number of rotatable bonds is 4. The Morgan fingerprint density at radius 1 is 0.893 bits per heavy atom. The second-order valence-corrected chi connectivity index (χ2v) is 11.7. The molecule has 2 saturated carbocycles. The zero-order valence-corrected chi connectivity index (χ0v) is 19.4. The summed E-state index contributed by atoms with van der Waals surface area (Å²) < 4.78 is 0. The van der Waals surface area contributed by atoms with E-state index in [2.05, 4.69) is 71.9 Å². The van der Waals surface area contributed by atoms with E-state index in [9.17, 15) is 0 Å². The zero-order valence-electron chi connectivity index (χ0n) is 19.4. The molecule has 8 atom stereocenters. The summed E-state index contributed by atoms with van der Waals surface area (Å²) in [6, 6.07) is 0. The van der Waals surface area contributed by atoms with Crippen molar-refractivity contribution in [1.29, 1.82) is 0 Å². The molecule has 0 aromatic rings. The SMILES string of the molecule is CC(C)C(C)C=CC(C)C1CCC2C3=CCC4CC=CCC4(C)C3CCC21C. The van der Waals surface area contributed by atoms with E-state index in [1.807, 2.05) is 5.57 Å². The van der Waals surface area contributed by atoms with Crippen LogP contribution in [-0.4, -0.2) is 0 Å². The monoisotopic (exact) mass is 380 g/mol. The van der Waals surface area contributed by atoms with E-state index in [4.69, 9.17) is 0 Å². The fourth-order valence-corrected chi connectivity index (χ4v) is 7.71. The van der Waals surface area contributed by atoms with Crippen LogP contribution in [0.4, 0.5) is 0 Å². The molecular weight excluding hydrogens is 336 g/mol. The standard InChI is InChI=1S/C28H44/c1-19(2)20(3)10-11-21(4)24-14-15-25-23-13-12-22-9-7-8-17-27(22,5)26(23)16-18-28(24,25)6/h7-8,10-11,13,19-22,24-26H,9,12,14-18H2,1-6H3. The van der Waals surface area contributed by atoms with Crippen molar-refractivity contribution in [2.24, 2.45) is 52.3 Å². The van der Waals surface area contributed by atoms with Gasteiger partial charge in [-0.05, 0) is 97.2 Å². The van der Waals surface area contributed by atoms with Crippen LogP contribution in [0.5, 0.6) is 0 Å². The zero-order chi connectivity index (χ0) is 20.1. The van der Waals surface area contributed by atoms with Crippen LogP contribution in [0, 0.1) is 52.3 Å². The summed E-state index contributed by atoms with van der Waals surface area (Å²) in [5.74, 6) is 5.65. The minimum absolute atomic E-state index is 0.529. The highest BCUT2D eigenvalue weighted by molar-refractivity contribution is 5.29. The Morgan fingerprint density at radius 2 is 1.64 bits per heavy atom. The molecule has 4 aliphatic rings. The molecule has 28 heavy (non-hydrogen) atoms. The lowest BCUT2D eigenvalue weighted by atomic mass is 9.48. The topological polar surface area (TPSA) is 0 Å². The van der Waals surface area contributed by atoms with Gasteiger partial charge in [-0.3, -0.25) is 0 Å². The first-order valence-corrected chi connectivity index (χ1v) is 12.3. The predicted octanol–water partition coefficient (Wildman–Crippen LogP) is 8.22. The Kier molecular flexibility index (Phi) is 5.47. The van der Waals surface area contributed by atoms with Gasteiger partial charge in [0.15, 0.2) is 0 Å². The van der Waals surface area contributed by atoms with Crippen LogP contribution in [-0.2, 0) is 0 Å².